The van der Waals surface area contributed by atoms with Crippen molar-refractivity contribution >= 4 is 28.9 Å². The van der Waals surface area contributed by atoms with Crippen LogP contribution in [0.4, 0.5) is 15.8 Å². The molecule has 32 heavy (non-hydrogen) atoms. The topological polar surface area (TPSA) is 59.4 Å². The maximum absolute atomic E-state index is 14.7. The first kappa shape index (κ1) is 21.0. The molecule has 6 nitrogen and oxygen atoms in total. The Morgan fingerprint density at radius 3 is 2.66 bits per heavy atom. The molecule has 1 saturated carbocycles. The Balaban J connectivity index is 1.39. The number of rotatable bonds is 5. The summed E-state index contributed by atoms with van der Waals surface area (Å²) in [6.45, 7) is 4.40. The first-order valence-corrected chi connectivity index (χ1v) is 11.2. The maximum Gasteiger partial charge on any atom is 0.259 e. The Labute approximate surface area is 190 Å². The van der Waals surface area contributed by atoms with Crippen molar-refractivity contribution in [1.29, 1.82) is 0 Å². The molecule has 0 spiro atoms. The molecule has 0 unspecified atom stereocenters. The average molecular weight is 455 g/mol. The summed E-state index contributed by atoms with van der Waals surface area (Å²) in [5.41, 5.74) is 4.11. The Morgan fingerprint density at radius 2 is 1.97 bits per heavy atom. The van der Waals surface area contributed by atoms with Crippen molar-refractivity contribution in [3.05, 3.63) is 70.3 Å². The normalized spacial score (nSPS) is 16.3. The van der Waals surface area contributed by atoms with Crippen molar-refractivity contribution < 1.29 is 13.9 Å². The number of morpholine rings is 1. The van der Waals surface area contributed by atoms with Crippen LogP contribution in [-0.4, -0.2) is 42.0 Å². The van der Waals surface area contributed by atoms with E-state index in [9.17, 15) is 9.18 Å². The number of amides is 1. The first-order valence-electron chi connectivity index (χ1n) is 10.8. The second-order valence-electron chi connectivity index (χ2n) is 8.28. The highest BCUT2D eigenvalue weighted by molar-refractivity contribution is 6.31. The number of nitrogens with zero attached hydrogens (tertiary/aromatic N) is 3. The molecule has 1 saturated heterocycles. The molecular weight excluding hydrogens is 431 g/mol. The van der Waals surface area contributed by atoms with E-state index in [4.69, 9.17) is 16.3 Å². The SMILES string of the molecule is Cc1ccc(-n2ncc(C(=O)Nc3ccc(N4CCOCC4)c(F)c3)c2C2CC2)cc1Cl. The lowest BCUT2D eigenvalue weighted by Crippen LogP contribution is -2.36. The van der Waals surface area contributed by atoms with Crippen LogP contribution in [0, 0.1) is 12.7 Å². The predicted octanol–water partition coefficient (Wildman–Crippen LogP) is 4.94. The minimum absolute atomic E-state index is 0.277. The molecule has 2 aliphatic rings. The van der Waals surface area contributed by atoms with E-state index >= 15 is 0 Å². The highest BCUT2D eigenvalue weighted by atomic mass is 35.5. The van der Waals surface area contributed by atoms with Crippen molar-refractivity contribution in [2.45, 2.75) is 25.7 Å². The zero-order chi connectivity index (χ0) is 22.2. The van der Waals surface area contributed by atoms with Crippen molar-refractivity contribution in [3.8, 4) is 5.69 Å². The zero-order valence-electron chi connectivity index (χ0n) is 17.8. The zero-order valence-corrected chi connectivity index (χ0v) is 18.5. The van der Waals surface area contributed by atoms with Crippen LogP contribution in [0.25, 0.3) is 5.69 Å². The molecule has 0 radical (unpaired) electrons. The lowest BCUT2D eigenvalue weighted by molar-refractivity contribution is 0.102. The van der Waals surface area contributed by atoms with Gasteiger partial charge in [0.25, 0.3) is 5.91 Å². The fourth-order valence-corrected chi connectivity index (χ4v) is 4.22. The lowest BCUT2D eigenvalue weighted by Gasteiger charge is -2.29. The standard InChI is InChI=1S/C24H24ClFN4O2/c1-15-2-6-18(13-20(15)25)30-23(16-3-4-16)19(14-27-30)24(31)28-17-5-7-22(21(26)12-17)29-8-10-32-11-9-29/h2,5-7,12-14,16H,3-4,8-11H2,1H3,(H,28,31). The van der Waals surface area contributed by atoms with Gasteiger partial charge in [0.15, 0.2) is 0 Å². The van der Waals surface area contributed by atoms with Crippen LogP contribution in [0.5, 0.6) is 0 Å². The molecule has 1 amide bonds. The summed E-state index contributed by atoms with van der Waals surface area (Å²) in [7, 11) is 0. The molecule has 2 aromatic carbocycles. The number of halogens is 2. The van der Waals surface area contributed by atoms with Crippen molar-refractivity contribution in [2.24, 2.45) is 0 Å². The smallest absolute Gasteiger partial charge is 0.259 e. The largest absolute Gasteiger partial charge is 0.378 e. The van der Waals surface area contributed by atoms with E-state index in [0.29, 0.717) is 48.3 Å². The van der Waals surface area contributed by atoms with Gasteiger partial charge in [-0.3, -0.25) is 4.79 Å². The molecule has 0 bridgehead atoms. The third-order valence-electron chi connectivity index (χ3n) is 5.97. The number of hydrogen-bond acceptors (Lipinski definition) is 4. The third kappa shape index (κ3) is 4.10. The molecule has 166 valence electrons. The molecule has 0 atom stereocenters. The fraction of sp³-hybridized carbons (Fsp3) is 0.333. The quantitative estimate of drug-likeness (QED) is 0.593. The second-order valence-corrected chi connectivity index (χ2v) is 8.69. The minimum Gasteiger partial charge on any atom is -0.378 e. The monoisotopic (exact) mass is 454 g/mol. The van der Waals surface area contributed by atoms with Gasteiger partial charge in [0.05, 0.1) is 42.0 Å². The highest BCUT2D eigenvalue weighted by Crippen LogP contribution is 2.43. The number of benzene rings is 2. The summed E-state index contributed by atoms with van der Waals surface area (Å²) in [6, 6.07) is 10.5. The molecular formula is C24H24ClFN4O2. The molecule has 2 heterocycles. The highest BCUT2D eigenvalue weighted by Gasteiger charge is 2.33. The number of aromatic nitrogens is 2. The van der Waals surface area contributed by atoms with Gasteiger partial charge in [0, 0.05) is 29.7 Å². The molecule has 8 heteroatoms. The van der Waals surface area contributed by atoms with Crippen LogP contribution in [-0.2, 0) is 4.74 Å². The van der Waals surface area contributed by atoms with E-state index < -0.39 is 0 Å². The van der Waals surface area contributed by atoms with Gasteiger partial charge in [-0.2, -0.15) is 5.10 Å². The summed E-state index contributed by atoms with van der Waals surface area (Å²) >= 11 is 6.31. The molecule has 1 aliphatic heterocycles. The number of aryl methyl sites for hydroxylation is 1. The van der Waals surface area contributed by atoms with Crippen LogP contribution in [0.3, 0.4) is 0 Å². The van der Waals surface area contributed by atoms with Gasteiger partial charge in [0.1, 0.15) is 5.82 Å². The fourth-order valence-electron chi connectivity index (χ4n) is 4.05. The van der Waals surface area contributed by atoms with Crippen molar-refractivity contribution in [2.75, 3.05) is 36.5 Å². The molecule has 1 N–H and O–H groups in total. The van der Waals surface area contributed by atoms with Crippen molar-refractivity contribution in [1.82, 2.24) is 9.78 Å². The molecule has 1 aliphatic carbocycles. The van der Waals surface area contributed by atoms with E-state index in [1.807, 2.05) is 30.0 Å². The lowest BCUT2D eigenvalue weighted by atomic mass is 10.1. The van der Waals surface area contributed by atoms with E-state index in [1.54, 1.807) is 23.0 Å². The minimum atomic E-state index is -0.364. The first-order chi connectivity index (χ1) is 15.5. The number of carbonyl (C=O) groups is 1. The average Bonchev–Trinajstić information content (AvgIpc) is 3.54. The van der Waals surface area contributed by atoms with Gasteiger partial charge >= 0.3 is 0 Å². The molecule has 2 fully saturated rings. The summed E-state index contributed by atoms with van der Waals surface area (Å²) < 4.78 is 21.9. The van der Waals surface area contributed by atoms with Gasteiger partial charge in [-0.1, -0.05) is 17.7 Å². The van der Waals surface area contributed by atoms with E-state index in [2.05, 4.69) is 10.4 Å². The van der Waals surface area contributed by atoms with Crippen LogP contribution >= 0.6 is 11.6 Å². The molecule has 1 aromatic heterocycles. The Morgan fingerprint density at radius 1 is 1.19 bits per heavy atom. The van der Waals surface area contributed by atoms with Crippen LogP contribution in [0.15, 0.2) is 42.6 Å². The summed E-state index contributed by atoms with van der Waals surface area (Å²) in [5.74, 6) is -0.384. The predicted molar refractivity (Wildman–Crippen MR) is 123 cm³/mol. The van der Waals surface area contributed by atoms with Gasteiger partial charge in [0.2, 0.25) is 0 Å². The summed E-state index contributed by atoms with van der Waals surface area (Å²) in [5, 5.41) is 7.97. The number of nitrogens with one attached hydrogen (secondary N) is 1. The van der Waals surface area contributed by atoms with Crippen LogP contribution < -0.4 is 10.2 Å². The third-order valence-corrected chi connectivity index (χ3v) is 6.38. The Hall–Kier alpha value is -2.90. The van der Waals surface area contributed by atoms with E-state index in [0.717, 1.165) is 29.8 Å². The summed E-state index contributed by atoms with van der Waals surface area (Å²) in [4.78, 5) is 15.0. The molecule has 3 aromatic rings. The van der Waals surface area contributed by atoms with Gasteiger partial charge in [-0.25, -0.2) is 9.07 Å². The second kappa shape index (κ2) is 8.56. The van der Waals surface area contributed by atoms with E-state index in [-0.39, 0.29) is 17.6 Å². The van der Waals surface area contributed by atoms with Crippen molar-refractivity contribution in [3.63, 3.8) is 0 Å². The molecule has 5 rings (SSSR count). The maximum atomic E-state index is 14.7. The van der Waals surface area contributed by atoms with Gasteiger partial charge < -0.3 is 15.0 Å². The van der Waals surface area contributed by atoms with Crippen LogP contribution in [0.1, 0.15) is 40.4 Å². The Kier molecular flexibility index (Phi) is 5.61. The van der Waals surface area contributed by atoms with E-state index in [1.165, 1.54) is 6.07 Å². The summed E-state index contributed by atoms with van der Waals surface area (Å²) in [6.07, 6.45) is 3.60. The van der Waals surface area contributed by atoms with Crippen LogP contribution in [0.2, 0.25) is 5.02 Å². The number of hydrogen-bond donors (Lipinski definition) is 1. The Bertz CT molecular complexity index is 1170. The number of carbonyl (C=O) groups excluding carboxylic acids is 1. The number of ether oxygens (including phenoxy) is 1. The number of anilines is 2. The van der Waals surface area contributed by atoms with Gasteiger partial charge in [-0.15, -0.1) is 0 Å². The van der Waals surface area contributed by atoms with Gasteiger partial charge in [-0.05, 0) is 55.7 Å².